The van der Waals surface area contributed by atoms with Crippen LogP contribution in [-0.2, 0) is 6.42 Å². The summed E-state index contributed by atoms with van der Waals surface area (Å²) >= 11 is 0. The molecule has 1 heterocycles. The van der Waals surface area contributed by atoms with Crippen LogP contribution in [0.2, 0.25) is 0 Å². The third-order valence-corrected chi connectivity index (χ3v) is 2.97. The second-order valence-electron chi connectivity index (χ2n) is 5.30. The van der Waals surface area contributed by atoms with Gasteiger partial charge in [-0.1, -0.05) is 34.1 Å². The Morgan fingerprint density at radius 2 is 1.94 bits per heavy atom. The molecule has 0 saturated heterocycles. The molecule has 3 heteroatoms. The van der Waals surface area contributed by atoms with Crippen LogP contribution < -0.4 is 5.56 Å². The fourth-order valence-electron chi connectivity index (χ4n) is 2.22. The van der Waals surface area contributed by atoms with Crippen molar-refractivity contribution in [1.82, 2.24) is 9.97 Å². The van der Waals surface area contributed by atoms with E-state index in [0.717, 1.165) is 36.3 Å². The fraction of sp³-hybridized carbons (Fsp3) is 0.714. The van der Waals surface area contributed by atoms with Crippen LogP contribution >= 0.6 is 0 Å². The molecule has 0 radical (unpaired) electrons. The standard InChI is InChI=1S/C14H24N2O/c1-6-7-10(4)13-12(8-9(2)3)14(17)16-11(5)15-13/h9-10H,6-8H2,1-5H3,(H,15,16,17). The van der Waals surface area contributed by atoms with Crippen LogP contribution in [0.4, 0.5) is 0 Å². The number of nitrogens with zero attached hydrogens (tertiary/aromatic N) is 1. The monoisotopic (exact) mass is 236 g/mol. The number of aryl methyl sites for hydroxylation is 1. The summed E-state index contributed by atoms with van der Waals surface area (Å²) in [5, 5.41) is 0. The van der Waals surface area contributed by atoms with Gasteiger partial charge in [0.05, 0.1) is 5.69 Å². The van der Waals surface area contributed by atoms with E-state index < -0.39 is 0 Å². The first-order valence-electron chi connectivity index (χ1n) is 6.55. The first-order chi connectivity index (χ1) is 7.95. The molecule has 1 N–H and O–H groups in total. The average molecular weight is 236 g/mol. The minimum Gasteiger partial charge on any atom is -0.311 e. The molecule has 0 aliphatic carbocycles. The van der Waals surface area contributed by atoms with Crippen molar-refractivity contribution in [2.75, 3.05) is 0 Å². The number of aromatic nitrogens is 2. The van der Waals surface area contributed by atoms with Crippen LogP contribution in [0.1, 0.15) is 63.5 Å². The summed E-state index contributed by atoms with van der Waals surface area (Å²) in [6.07, 6.45) is 3.02. The summed E-state index contributed by atoms with van der Waals surface area (Å²) in [4.78, 5) is 19.4. The van der Waals surface area contributed by atoms with Crippen LogP contribution in [0.25, 0.3) is 0 Å². The normalized spacial score (nSPS) is 13.1. The summed E-state index contributed by atoms with van der Waals surface area (Å²) in [5.74, 6) is 1.57. The predicted molar refractivity (Wildman–Crippen MR) is 71.5 cm³/mol. The lowest BCUT2D eigenvalue weighted by molar-refractivity contribution is 0.595. The van der Waals surface area contributed by atoms with Gasteiger partial charge in [-0.2, -0.15) is 0 Å². The summed E-state index contributed by atoms with van der Waals surface area (Å²) in [6, 6.07) is 0. The minimum atomic E-state index is 0.0455. The van der Waals surface area contributed by atoms with Crippen molar-refractivity contribution in [3.05, 3.63) is 27.4 Å². The Balaban J connectivity index is 3.20. The first-order valence-corrected chi connectivity index (χ1v) is 6.55. The molecule has 1 aromatic heterocycles. The van der Waals surface area contributed by atoms with E-state index in [1.807, 2.05) is 6.92 Å². The Morgan fingerprint density at radius 3 is 2.47 bits per heavy atom. The zero-order valence-corrected chi connectivity index (χ0v) is 11.6. The molecule has 0 fully saturated rings. The molecule has 0 amide bonds. The van der Waals surface area contributed by atoms with Gasteiger partial charge in [-0.15, -0.1) is 0 Å². The van der Waals surface area contributed by atoms with Crippen molar-refractivity contribution in [1.29, 1.82) is 0 Å². The van der Waals surface area contributed by atoms with Crippen LogP contribution in [0.5, 0.6) is 0 Å². The molecular formula is C14H24N2O. The van der Waals surface area contributed by atoms with Crippen LogP contribution in [0.3, 0.4) is 0 Å². The maximum atomic E-state index is 12.0. The van der Waals surface area contributed by atoms with E-state index in [9.17, 15) is 4.79 Å². The summed E-state index contributed by atoms with van der Waals surface area (Å²) in [5.41, 5.74) is 1.93. The van der Waals surface area contributed by atoms with Crippen molar-refractivity contribution in [2.24, 2.45) is 5.92 Å². The van der Waals surface area contributed by atoms with Crippen molar-refractivity contribution >= 4 is 0 Å². The van der Waals surface area contributed by atoms with Crippen LogP contribution in [0, 0.1) is 12.8 Å². The molecule has 0 saturated carbocycles. The fourth-order valence-corrected chi connectivity index (χ4v) is 2.22. The van der Waals surface area contributed by atoms with E-state index in [1.54, 1.807) is 0 Å². The van der Waals surface area contributed by atoms with E-state index in [1.165, 1.54) is 0 Å². The Kier molecular flexibility index (Phi) is 4.91. The summed E-state index contributed by atoms with van der Waals surface area (Å²) < 4.78 is 0. The molecule has 1 atom stereocenters. The van der Waals surface area contributed by atoms with Gasteiger partial charge in [-0.25, -0.2) is 4.98 Å². The average Bonchev–Trinajstić information content (AvgIpc) is 2.21. The Labute approximate surface area is 104 Å². The molecular weight excluding hydrogens is 212 g/mol. The number of rotatable bonds is 5. The first kappa shape index (κ1) is 13.9. The van der Waals surface area contributed by atoms with Gasteiger partial charge in [0.25, 0.3) is 5.56 Å². The van der Waals surface area contributed by atoms with Crippen LogP contribution in [-0.4, -0.2) is 9.97 Å². The third-order valence-electron chi connectivity index (χ3n) is 2.97. The van der Waals surface area contributed by atoms with Crippen molar-refractivity contribution < 1.29 is 0 Å². The second kappa shape index (κ2) is 5.99. The molecule has 1 rings (SSSR count). The largest absolute Gasteiger partial charge is 0.311 e. The zero-order valence-electron chi connectivity index (χ0n) is 11.6. The molecule has 0 spiro atoms. The highest BCUT2D eigenvalue weighted by Gasteiger charge is 2.16. The van der Waals surface area contributed by atoms with Gasteiger partial charge in [0.15, 0.2) is 0 Å². The predicted octanol–water partition coefficient (Wildman–Crippen LogP) is 3.18. The van der Waals surface area contributed by atoms with Gasteiger partial charge in [0, 0.05) is 5.56 Å². The number of hydrogen-bond donors (Lipinski definition) is 1. The minimum absolute atomic E-state index is 0.0455. The Hall–Kier alpha value is -1.12. The number of H-pyrrole nitrogens is 1. The number of hydrogen-bond acceptors (Lipinski definition) is 2. The second-order valence-corrected chi connectivity index (χ2v) is 5.30. The quantitative estimate of drug-likeness (QED) is 0.853. The van der Waals surface area contributed by atoms with Gasteiger partial charge in [0.1, 0.15) is 5.82 Å². The van der Waals surface area contributed by atoms with Gasteiger partial charge < -0.3 is 4.98 Å². The maximum Gasteiger partial charge on any atom is 0.254 e. The van der Waals surface area contributed by atoms with Crippen molar-refractivity contribution in [3.63, 3.8) is 0 Å². The van der Waals surface area contributed by atoms with Crippen molar-refractivity contribution in [2.45, 2.75) is 59.8 Å². The molecule has 96 valence electrons. The van der Waals surface area contributed by atoms with E-state index in [4.69, 9.17) is 0 Å². The third kappa shape index (κ3) is 3.69. The SMILES string of the molecule is CCCC(C)c1nc(C)[nH]c(=O)c1CC(C)C. The highest BCUT2D eigenvalue weighted by molar-refractivity contribution is 5.22. The van der Waals surface area contributed by atoms with E-state index in [2.05, 4.69) is 37.7 Å². The van der Waals surface area contributed by atoms with Gasteiger partial charge >= 0.3 is 0 Å². The zero-order chi connectivity index (χ0) is 13.0. The van der Waals surface area contributed by atoms with Crippen LogP contribution in [0.15, 0.2) is 4.79 Å². The molecule has 1 aromatic rings. The molecule has 3 nitrogen and oxygen atoms in total. The smallest absolute Gasteiger partial charge is 0.254 e. The molecule has 0 aliphatic rings. The molecule has 17 heavy (non-hydrogen) atoms. The Morgan fingerprint density at radius 1 is 1.29 bits per heavy atom. The lowest BCUT2D eigenvalue weighted by Crippen LogP contribution is -2.22. The van der Waals surface area contributed by atoms with E-state index in [-0.39, 0.29) is 5.56 Å². The maximum absolute atomic E-state index is 12.0. The lowest BCUT2D eigenvalue weighted by Gasteiger charge is -2.16. The Bertz CT molecular complexity index is 421. The molecule has 0 aliphatic heterocycles. The van der Waals surface area contributed by atoms with E-state index >= 15 is 0 Å². The lowest BCUT2D eigenvalue weighted by atomic mass is 9.93. The van der Waals surface area contributed by atoms with Gasteiger partial charge in [0.2, 0.25) is 0 Å². The summed E-state index contributed by atoms with van der Waals surface area (Å²) in [7, 11) is 0. The molecule has 0 bridgehead atoms. The van der Waals surface area contributed by atoms with Crippen molar-refractivity contribution in [3.8, 4) is 0 Å². The highest BCUT2D eigenvalue weighted by atomic mass is 16.1. The highest BCUT2D eigenvalue weighted by Crippen LogP contribution is 2.22. The number of aromatic amines is 1. The summed E-state index contributed by atoms with van der Waals surface area (Å²) in [6.45, 7) is 10.4. The van der Waals surface area contributed by atoms with Gasteiger partial charge in [-0.3, -0.25) is 4.79 Å². The molecule has 1 unspecified atom stereocenters. The number of nitrogens with one attached hydrogen (secondary N) is 1. The van der Waals surface area contributed by atoms with Gasteiger partial charge in [-0.05, 0) is 31.6 Å². The molecule has 0 aromatic carbocycles. The van der Waals surface area contributed by atoms with E-state index in [0.29, 0.717) is 11.8 Å². The topological polar surface area (TPSA) is 45.8 Å².